The molecule has 11 nitrogen and oxygen atoms in total. The SMILES string of the molecule is CCCCCCCCCCCCC/C=C/C(O)C(COC1OC(CO)C(O)C(O)C1OC(=O)CCCCCCCCCCCCCCCCCCCCCCCCCCCCC)NC(=O)C(O)CCCCCCCCCCCCCCC. The first kappa shape index (κ1) is 78.4. The van der Waals surface area contributed by atoms with Gasteiger partial charge in [0.15, 0.2) is 12.4 Å². The molecule has 1 saturated heterocycles. The molecule has 1 heterocycles. The van der Waals surface area contributed by atoms with Crippen molar-refractivity contribution in [3.63, 3.8) is 0 Å². The molecule has 1 fully saturated rings. The number of allylic oxidation sites excluding steroid dienone is 1. The standard InChI is InChI=1S/C71H137NO10/c1-4-7-10-13-16-19-22-25-26-27-28-29-30-31-32-33-34-35-36-37-38-41-44-47-50-53-56-59-66(76)82-69-68(78)67(77)65(60-73)81-71(69)80-61-62(63(74)57-54-51-48-45-42-39-23-20-17-14-11-8-5-2)72-70(79)64(75)58-55-52-49-46-43-40-24-21-18-15-12-9-6-3/h54,57,62-65,67-69,71,73-75,77-78H,4-53,55-56,58-61H2,1-3H3,(H,72,79)/b57-54+. The Kier molecular flexibility index (Phi) is 57.1. The molecule has 1 rings (SSSR count). The van der Waals surface area contributed by atoms with Gasteiger partial charge in [0.25, 0.3) is 0 Å². The van der Waals surface area contributed by atoms with E-state index in [1.54, 1.807) is 6.08 Å². The third-order valence-corrected chi connectivity index (χ3v) is 17.4. The van der Waals surface area contributed by atoms with Gasteiger partial charge in [-0.15, -0.1) is 0 Å². The molecule has 0 aromatic rings. The summed E-state index contributed by atoms with van der Waals surface area (Å²) < 4.78 is 17.7. The highest BCUT2D eigenvalue weighted by Crippen LogP contribution is 2.27. The number of carbonyl (C=O) groups excluding carboxylic acids is 2. The molecule has 0 aromatic heterocycles. The van der Waals surface area contributed by atoms with E-state index in [-0.39, 0.29) is 13.0 Å². The van der Waals surface area contributed by atoms with Gasteiger partial charge in [0.2, 0.25) is 5.91 Å². The van der Waals surface area contributed by atoms with E-state index in [0.29, 0.717) is 19.3 Å². The monoisotopic (exact) mass is 1160 g/mol. The summed E-state index contributed by atoms with van der Waals surface area (Å²) >= 11 is 0. The molecule has 1 amide bonds. The normalized spacial score (nSPS) is 18.6. The number of hydrogen-bond acceptors (Lipinski definition) is 10. The summed E-state index contributed by atoms with van der Waals surface area (Å²) in [6, 6.07) is -1.02. The van der Waals surface area contributed by atoms with Gasteiger partial charge in [0.05, 0.1) is 25.4 Å². The van der Waals surface area contributed by atoms with E-state index in [0.717, 1.165) is 57.8 Å². The van der Waals surface area contributed by atoms with Gasteiger partial charge in [0, 0.05) is 6.42 Å². The van der Waals surface area contributed by atoms with E-state index < -0.39 is 67.4 Å². The third-order valence-electron chi connectivity index (χ3n) is 17.4. The van der Waals surface area contributed by atoms with Crippen molar-refractivity contribution in [1.29, 1.82) is 0 Å². The van der Waals surface area contributed by atoms with Gasteiger partial charge in [-0.25, -0.2) is 0 Å². The molecule has 8 atom stereocenters. The lowest BCUT2D eigenvalue weighted by atomic mass is 9.99. The fourth-order valence-corrected chi connectivity index (χ4v) is 11.8. The zero-order chi connectivity index (χ0) is 59.6. The molecule has 0 aliphatic carbocycles. The number of carbonyl (C=O) groups is 2. The van der Waals surface area contributed by atoms with Crippen LogP contribution in [0.5, 0.6) is 0 Å². The molecule has 0 radical (unpaired) electrons. The van der Waals surface area contributed by atoms with Gasteiger partial charge in [-0.3, -0.25) is 9.59 Å². The maximum Gasteiger partial charge on any atom is 0.306 e. The van der Waals surface area contributed by atoms with Gasteiger partial charge in [0.1, 0.15) is 24.4 Å². The van der Waals surface area contributed by atoms with Gasteiger partial charge in [-0.05, 0) is 25.7 Å². The van der Waals surface area contributed by atoms with Crippen LogP contribution < -0.4 is 5.32 Å². The minimum Gasteiger partial charge on any atom is -0.454 e. The first-order valence-corrected chi connectivity index (χ1v) is 36.0. The number of amides is 1. The third kappa shape index (κ3) is 46.6. The highest BCUT2D eigenvalue weighted by molar-refractivity contribution is 5.80. The Balaban J connectivity index is 2.50. The minimum atomic E-state index is -1.61. The van der Waals surface area contributed by atoms with E-state index in [4.69, 9.17) is 14.2 Å². The van der Waals surface area contributed by atoms with Crippen LogP contribution >= 0.6 is 0 Å². The Bertz CT molecular complexity index is 1380. The molecule has 1 aliphatic heterocycles. The molecule has 8 unspecified atom stereocenters. The Hall–Kier alpha value is -1.60. The molecule has 1 aliphatic rings. The summed E-state index contributed by atoms with van der Waals surface area (Å²) in [6.45, 7) is 5.85. The molecule has 82 heavy (non-hydrogen) atoms. The van der Waals surface area contributed by atoms with E-state index >= 15 is 0 Å². The molecule has 0 spiro atoms. The van der Waals surface area contributed by atoms with Crippen LogP contribution in [0.3, 0.4) is 0 Å². The highest BCUT2D eigenvalue weighted by atomic mass is 16.7. The number of rotatable bonds is 63. The van der Waals surface area contributed by atoms with Crippen LogP contribution in [0.25, 0.3) is 0 Å². The van der Waals surface area contributed by atoms with Crippen molar-refractivity contribution in [2.45, 2.75) is 416 Å². The van der Waals surface area contributed by atoms with Crippen molar-refractivity contribution in [1.82, 2.24) is 5.32 Å². The lowest BCUT2D eigenvalue weighted by Crippen LogP contribution is -2.61. The quantitative estimate of drug-likeness (QED) is 0.0195. The van der Waals surface area contributed by atoms with Crippen LogP contribution in [0.1, 0.15) is 367 Å². The topological polar surface area (TPSA) is 175 Å². The average Bonchev–Trinajstić information content (AvgIpc) is 3.46. The van der Waals surface area contributed by atoms with E-state index in [2.05, 4.69) is 26.1 Å². The first-order valence-electron chi connectivity index (χ1n) is 36.0. The maximum absolute atomic E-state index is 13.4. The first-order chi connectivity index (χ1) is 40.2. The van der Waals surface area contributed by atoms with Crippen LogP contribution in [-0.2, 0) is 23.8 Å². The summed E-state index contributed by atoms with van der Waals surface area (Å²) in [4.78, 5) is 26.6. The number of nitrogens with one attached hydrogen (secondary N) is 1. The number of aliphatic hydroxyl groups is 5. The molecule has 0 bridgehead atoms. The molecular weight excluding hydrogens is 1030 g/mol. The number of aliphatic hydroxyl groups excluding tert-OH is 5. The number of hydrogen-bond donors (Lipinski definition) is 6. The predicted molar refractivity (Wildman–Crippen MR) is 343 cm³/mol. The van der Waals surface area contributed by atoms with E-state index in [9.17, 15) is 35.1 Å². The van der Waals surface area contributed by atoms with Crippen molar-refractivity contribution in [2.24, 2.45) is 0 Å². The van der Waals surface area contributed by atoms with Gasteiger partial charge >= 0.3 is 5.97 Å². The second kappa shape index (κ2) is 59.7. The van der Waals surface area contributed by atoms with Crippen LogP contribution in [0.4, 0.5) is 0 Å². The van der Waals surface area contributed by atoms with E-state index in [1.807, 2.05) is 6.08 Å². The summed E-state index contributed by atoms with van der Waals surface area (Å²) in [5.41, 5.74) is 0. The van der Waals surface area contributed by atoms with Gasteiger partial charge in [-0.2, -0.15) is 0 Å². The van der Waals surface area contributed by atoms with Crippen molar-refractivity contribution in [2.75, 3.05) is 13.2 Å². The summed E-state index contributed by atoms with van der Waals surface area (Å²) in [5, 5.41) is 57.2. The molecule has 6 N–H and O–H groups in total. The molecule has 486 valence electrons. The van der Waals surface area contributed by atoms with Gasteiger partial charge < -0.3 is 45.1 Å². The molecule has 0 saturated carbocycles. The zero-order valence-electron chi connectivity index (χ0n) is 54.1. The number of ether oxygens (including phenoxy) is 3. The van der Waals surface area contributed by atoms with Crippen LogP contribution in [0, 0.1) is 0 Å². The average molecular weight is 1160 g/mol. The fourth-order valence-electron chi connectivity index (χ4n) is 11.8. The van der Waals surface area contributed by atoms with Crippen molar-refractivity contribution in [3.05, 3.63) is 12.2 Å². The lowest BCUT2D eigenvalue weighted by molar-refractivity contribution is -0.305. The second-order valence-electron chi connectivity index (χ2n) is 25.3. The summed E-state index contributed by atoms with van der Waals surface area (Å²) in [6.07, 6.45) is 59.8. The Morgan fingerprint density at radius 3 is 1.15 bits per heavy atom. The Morgan fingerprint density at radius 2 is 0.793 bits per heavy atom. The molecular formula is C71H137NO10. The zero-order valence-corrected chi connectivity index (χ0v) is 54.1. The van der Waals surface area contributed by atoms with Crippen LogP contribution in [-0.4, -0.2) is 99.6 Å². The predicted octanol–water partition coefficient (Wildman–Crippen LogP) is 18.2. The molecule has 0 aromatic carbocycles. The lowest BCUT2D eigenvalue weighted by Gasteiger charge is -2.41. The largest absolute Gasteiger partial charge is 0.454 e. The van der Waals surface area contributed by atoms with E-state index in [1.165, 1.54) is 263 Å². The van der Waals surface area contributed by atoms with Crippen molar-refractivity contribution >= 4 is 11.9 Å². The van der Waals surface area contributed by atoms with Crippen molar-refractivity contribution in [3.8, 4) is 0 Å². The maximum atomic E-state index is 13.4. The molecule has 11 heteroatoms. The van der Waals surface area contributed by atoms with Crippen LogP contribution in [0.2, 0.25) is 0 Å². The second-order valence-corrected chi connectivity index (χ2v) is 25.3. The number of unbranched alkanes of at least 4 members (excludes halogenated alkanes) is 49. The van der Waals surface area contributed by atoms with Gasteiger partial charge in [-0.1, -0.05) is 348 Å². The smallest absolute Gasteiger partial charge is 0.306 e. The number of esters is 1. The van der Waals surface area contributed by atoms with Crippen molar-refractivity contribution < 1.29 is 49.3 Å². The Labute approximate surface area is 506 Å². The van der Waals surface area contributed by atoms with Crippen LogP contribution in [0.15, 0.2) is 12.2 Å². The Morgan fingerprint density at radius 1 is 0.463 bits per heavy atom. The summed E-state index contributed by atoms with van der Waals surface area (Å²) in [7, 11) is 0. The highest BCUT2D eigenvalue weighted by Gasteiger charge is 2.47. The fraction of sp³-hybridized carbons (Fsp3) is 0.944. The minimum absolute atomic E-state index is 0.132. The summed E-state index contributed by atoms with van der Waals surface area (Å²) in [5.74, 6) is -1.17.